The van der Waals surface area contributed by atoms with Gasteiger partial charge in [0, 0.05) is 6.04 Å². The summed E-state index contributed by atoms with van der Waals surface area (Å²) >= 11 is 0. The molecule has 0 fully saturated rings. The molecule has 96 valence electrons. The highest BCUT2D eigenvalue weighted by Crippen LogP contribution is 2.17. The van der Waals surface area contributed by atoms with Gasteiger partial charge < -0.3 is 15.5 Å². The number of benzene rings is 1. The zero-order chi connectivity index (χ0) is 12.7. The van der Waals surface area contributed by atoms with Crippen LogP contribution in [0.4, 0.5) is 0 Å². The smallest absolute Gasteiger partial charge is 0.0965 e. The average Bonchev–Trinajstić information content (AvgIpc) is 2.40. The molecule has 0 spiro atoms. The lowest BCUT2D eigenvalue weighted by Gasteiger charge is -2.27. The minimum Gasteiger partial charge on any atom is -0.395 e. The van der Waals surface area contributed by atoms with Gasteiger partial charge >= 0.3 is 0 Å². The van der Waals surface area contributed by atoms with Crippen LogP contribution in [0.5, 0.6) is 0 Å². The van der Waals surface area contributed by atoms with Crippen LogP contribution in [0.15, 0.2) is 30.3 Å². The van der Waals surface area contributed by atoms with Crippen molar-refractivity contribution in [3.63, 3.8) is 0 Å². The van der Waals surface area contributed by atoms with Crippen molar-refractivity contribution in [2.75, 3.05) is 6.61 Å². The summed E-state index contributed by atoms with van der Waals surface area (Å²) in [6.45, 7) is 4.14. The van der Waals surface area contributed by atoms with Gasteiger partial charge in [0.2, 0.25) is 0 Å². The Bertz CT molecular complexity index is 298. The van der Waals surface area contributed by atoms with E-state index in [1.165, 1.54) is 0 Å². The van der Waals surface area contributed by atoms with Crippen molar-refractivity contribution >= 4 is 0 Å². The van der Waals surface area contributed by atoms with Crippen LogP contribution in [-0.2, 0) is 0 Å². The van der Waals surface area contributed by atoms with E-state index in [2.05, 4.69) is 19.2 Å². The van der Waals surface area contributed by atoms with Crippen LogP contribution in [0, 0.1) is 0 Å². The Morgan fingerprint density at radius 1 is 1.12 bits per heavy atom. The Kier molecular flexibility index (Phi) is 6.19. The highest BCUT2D eigenvalue weighted by molar-refractivity contribution is 5.18. The molecule has 0 bridgehead atoms. The molecule has 0 amide bonds. The van der Waals surface area contributed by atoms with Crippen LogP contribution in [0.2, 0.25) is 0 Å². The minimum atomic E-state index is -0.665. The Morgan fingerprint density at radius 2 is 1.71 bits per heavy atom. The molecular weight excluding hydrogens is 214 g/mol. The van der Waals surface area contributed by atoms with Gasteiger partial charge in [0.15, 0.2) is 0 Å². The van der Waals surface area contributed by atoms with E-state index in [9.17, 15) is 10.2 Å². The van der Waals surface area contributed by atoms with Gasteiger partial charge in [0.05, 0.1) is 18.8 Å². The summed E-state index contributed by atoms with van der Waals surface area (Å²) in [6.07, 6.45) is 1.32. The third-order valence-electron chi connectivity index (χ3n) is 3.15. The summed E-state index contributed by atoms with van der Waals surface area (Å²) in [5.41, 5.74) is 0.838. The maximum absolute atomic E-state index is 10.2. The van der Waals surface area contributed by atoms with Crippen molar-refractivity contribution < 1.29 is 10.2 Å². The summed E-state index contributed by atoms with van der Waals surface area (Å²) in [7, 11) is 0. The second-order valence-corrected chi connectivity index (χ2v) is 4.32. The Labute approximate surface area is 103 Å². The first-order valence-corrected chi connectivity index (χ1v) is 6.32. The number of hydrogen-bond donors (Lipinski definition) is 3. The van der Waals surface area contributed by atoms with Crippen LogP contribution in [0.1, 0.15) is 38.4 Å². The summed E-state index contributed by atoms with van der Waals surface area (Å²) in [5.74, 6) is 0. The third-order valence-corrected chi connectivity index (χ3v) is 3.15. The molecule has 0 radical (unpaired) electrons. The lowest BCUT2D eigenvalue weighted by molar-refractivity contribution is 0.0825. The zero-order valence-electron chi connectivity index (χ0n) is 10.6. The Morgan fingerprint density at radius 3 is 2.18 bits per heavy atom. The maximum Gasteiger partial charge on any atom is 0.0965 e. The van der Waals surface area contributed by atoms with Crippen molar-refractivity contribution in [2.24, 2.45) is 0 Å². The van der Waals surface area contributed by atoms with Crippen molar-refractivity contribution in [2.45, 2.75) is 44.9 Å². The highest BCUT2D eigenvalue weighted by atomic mass is 16.3. The largest absolute Gasteiger partial charge is 0.395 e. The van der Waals surface area contributed by atoms with Gasteiger partial charge in [-0.3, -0.25) is 0 Å². The van der Waals surface area contributed by atoms with Gasteiger partial charge in [0.25, 0.3) is 0 Å². The second kappa shape index (κ2) is 7.43. The lowest BCUT2D eigenvalue weighted by atomic mass is 10.0. The molecule has 3 nitrogen and oxygen atoms in total. The molecule has 0 aliphatic heterocycles. The molecule has 3 N–H and O–H groups in total. The fourth-order valence-electron chi connectivity index (χ4n) is 1.95. The molecule has 1 aromatic carbocycles. The molecule has 0 saturated heterocycles. The molecule has 0 aliphatic carbocycles. The van der Waals surface area contributed by atoms with Crippen LogP contribution in [-0.4, -0.2) is 28.9 Å². The van der Waals surface area contributed by atoms with Crippen molar-refractivity contribution in [1.82, 2.24) is 5.32 Å². The van der Waals surface area contributed by atoms with Crippen LogP contribution < -0.4 is 5.32 Å². The number of aliphatic hydroxyl groups is 2. The summed E-state index contributed by atoms with van der Waals surface area (Å²) in [6, 6.07) is 9.49. The summed E-state index contributed by atoms with van der Waals surface area (Å²) in [4.78, 5) is 0. The SMILES string of the molecule is CCC(CC)NC(CO)C(O)c1ccccc1. The zero-order valence-corrected chi connectivity index (χ0v) is 10.6. The Hall–Kier alpha value is -0.900. The molecule has 0 aromatic heterocycles. The van der Waals surface area contributed by atoms with E-state index in [4.69, 9.17) is 0 Å². The fraction of sp³-hybridized carbons (Fsp3) is 0.571. The highest BCUT2D eigenvalue weighted by Gasteiger charge is 2.21. The maximum atomic E-state index is 10.2. The van der Waals surface area contributed by atoms with Gasteiger partial charge in [-0.15, -0.1) is 0 Å². The number of rotatable bonds is 7. The van der Waals surface area contributed by atoms with E-state index >= 15 is 0 Å². The van der Waals surface area contributed by atoms with Crippen LogP contribution in [0.3, 0.4) is 0 Å². The van der Waals surface area contributed by atoms with Gasteiger partial charge in [-0.1, -0.05) is 44.2 Å². The quantitative estimate of drug-likeness (QED) is 0.678. The van der Waals surface area contributed by atoms with Crippen LogP contribution >= 0.6 is 0 Å². The number of hydrogen-bond acceptors (Lipinski definition) is 3. The van der Waals surface area contributed by atoms with Gasteiger partial charge in [-0.2, -0.15) is 0 Å². The normalized spacial score (nSPS) is 14.9. The number of aliphatic hydroxyl groups excluding tert-OH is 2. The topological polar surface area (TPSA) is 52.5 Å². The van der Waals surface area contributed by atoms with Crippen molar-refractivity contribution in [3.05, 3.63) is 35.9 Å². The molecular formula is C14H23NO2. The molecule has 0 heterocycles. The van der Waals surface area contributed by atoms with E-state index in [-0.39, 0.29) is 12.6 Å². The van der Waals surface area contributed by atoms with Crippen molar-refractivity contribution in [3.8, 4) is 0 Å². The second-order valence-electron chi connectivity index (χ2n) is 4.32. The standard InChI is InChI=1S/C14H23NO2/c1-3-12(4-2)15-13(10-16)14(17)11-8-6-5-7-9-11/h5-9,12-17H,3-4,10H2,1-2H3. The van der Waals surface area contributed by atoms with Gasteiger partial charge in [0.1, 0.15) is 0 Å². The summed E-state index contributed by atoms with van der Waals surface area (Å²) in [5, 5.41) is 22.9. The predicted octanol–water partition coefficient (Wildman–Crippen LogP) is 1.86. The first kappa shape index (κ1) is 14.2. The lowest BCUT2D eigenvalue weighted by Crippen LogP contribution is -2.43. The van der Waals surface area contributed by atoms with E-state index in [0.29, 0.717) is 6.04 Å². The summed E-state index contributed by atoms with van der Waals surface area (Å²) < 4.78 is 0. The molecule has 1 aromatic rings. The van der Waals surface area contributed by atoms with E-state index in [1.54, 1.807) is 0 Å². The average molecular weight is 237 g/mol. The molecule has 17 heavy (non-hydrogen) atoms. The molecule has 3 heteroatoms. The van der Waals surface area contributed by atoms with E-state index in [1.807, 2.05) is 30.3 Å². The molecule has 0 saturated carbocycles. The van der Waals surface area contributed by atoms with Gasteiger partial charge in [-0.25, -0.2) is 0 Å². The third kappa shape index (κ3) is 4.11. The van der Waals surface area contributed by atoms with E-state index in [0.717, 1.165) is 18.4 Å². The predicted molar refractivity (Wildman–Crippen MR) is 69.8 cm³/mol. The first-order valence-electron chi connectivity index (χ1n) is 6.32. The van der Waals surface area contributed by atoms with Crippen molar-refractivity contribution in [1.29, 1.82) is 0 Å². The molecule has 2 atom stereocenters. The first-order chi connectivity index (χ1) is 8.22. The van der Waals surface area contributed by atoms with E-state index < -0.39 is 6.10 Å². The van der Waals surface area contributed by atoms with Gasteiger partial charge in [-0.05, 0) is 18.4 Å². The van der Waals surface area contributed by atoms with Crippen LogP contribution in [0.25, 0.3) is 0 Å². The molecule has 1 rings (SSSR count). The fourth-order valence-corrected chi connectivity index (χ4v) is 1.95. The molecule has 0 aliphatic rings. The minimum absolute atomic E-state index is 0.0629. The molecule has 2 unspecified atom stereocenters. The number of nitrogens with one attached hydrogen (secondary N) is 1. The monoisotopic (exact) mass is 237 g/mol. The Balaban J connectivity index is 2.67.